The van der Waals surface area contributed by atoms with Crippen molar-refractivity contribution in [3.63, 3.8) is 0 Å². The van der Waals surface area contributed by atoms with Gasteiger partial charge in [-0.2, -0.15) is 5.10 Å². The Morgan fingerprint density at radius 2 is 2.00 bits per heavy atom. The van der Waals surface area contributed by atoms with Gasteiger partial charge in [0.25, 0.3) is 0 Å². The number of rotatable bonds is 6. The third-order valence-corrected chi connectivity index (χ3v) is 5.75. The van der Waals surface area contributed by atoms with Gasteiger partial charge in [0.1, 0.15) is 29.9 Å². The standard InChI is InChI=1S/C19H16ClF2N3O2S/c1-12(28-18(26)13-2-4-14(20)5-3-13)19(27,9-25-11-23-10-24-25)16-7-6-15(21)8-17(16)22/h2-8,10-12,27H,9H2,1H3. The Bertz CT molecular complexity index is 970. The van der Waals surface area contributed by atoms with Gasteiger partial charge in [0, 0.05) is 27.5 Å². The number of aliphatic hydroxyl groups is 1. The molecular formula is C19H16ClF2N3O2S. The Morgan fingerprint density at radius 3 is 2.61 bits per heavy atom. The van der Waals surface area contributed by atoms with Crippen molar-refractivity contribution in [2.45, 2.75) is 24.3 Å². The molecule has 3 aromatic rings. The van der Waals surface area contributed by atoms with Crippen molar-refractivity contribution in [1.82, 2.24) is 14.8 Å². The number of hydrogen-bond acceptors (Lipinski definition) is 5. The van der Waals surface area contributed by atoms with E-state index in [2.05, 4.69) is 10.1 Å². The molecule has 0 saturated carbocycles. The molecule has 0 aliphatic carbocycles. The minimum absolute atomic E-state index is 0.131. The molecule has 1 aromatic heterocycles. The van der Waals surface area contributed by atoms with Crippen LogP contribution in [0.25, 0.3) is 0 Å². The molecule has 1 heterocycles. The molecular weight excluding hydrogens is 408 g/mol. The highest BCUT2D eigenvalue weighted by Gasteiger charge is 2.40. The summed E-state index contributed by atoms with van der Waals surface area (Å²) >= 11 is 6.68. The monoisotopic (exact) mass is 423 g/mol. The molecule has 0 aliphatic rings. The Hall–Kier alpha value is -2.29. The minimum atomic E-state index is -1.85. The van der Waals surface area contributed by atoms with Gasteiger partial charge in [-0.05, 0) is 37.3 Å². The SMILES string of the molecule is CC(SC(=O)c1ccc(Cl)cc1)C(O)(Cn1cncn1)c1ccc(F)cc1F. The molecule has 146 valence electrons. The fourth-order valence-corrected chi connectivity index (χ4v) is 3.86. The van der Waals surface area contributed by atoms with Crippen molar-refractivity contribution >= 4 is 28.5 Å². The highest BCUT2D eigenvalue weighted by molar-refractivity contribution is 8.14. The van der Waals surface area contributed by atoms with Crippen LogP contribution in [0.1, 0.15) is 22.8 Å². The van der Waals surface area contributed by atoms with Crippen molar-refractivity contribution in [2.75, 3.05) is 0 Å². The normalized spacial score (nSPS) is 14.5. The summed E-state index contributed by atoms with van der Waals surface area (Å²) in [4.78, 5) is 16.4. The fourth-order valence-electron chi connectivity index (χ4n) is 2.75. The van der Waals surface area contributed by atoms with Gasteiger partial charge in [-0.25, -0.2) is 18.4 Å². The van der Waals surface area contributed by atoms with Crippen LogP contribution in [0.5, 0.6) is 0 Å². The maximum absolute atomic E-state index is 14.5. The number of nitrogens with zero attached hydrogens (tertiary/aromatic N) is 3. The first-order valence-electron chi connectivity index (χ1n) is 8.26. The van der Waals surface area contributed by atoms with Crippen molar-refractivity contribution in [3.8, 4) is 0 Å². The van der Waals surface area contributed by atoms with Crippen LogP contribution in [-0.4, -0.2) is 30.2 Å². The second-order valence-electron chi connectivity index (χ2n) is 6.20. The summed E-state index contributed by atoms with van der Waals surface area (Å²) in [5.74, 6) is -1.67. The van der Waals surface area contributed by atoms with Gasteiger partial charge >= 0.3 is 0 Å². The Balaban J connectivity index is 1.93. The Morgan fingerprint density at radius 1 is 1.29 bits per heavy atom. The second-order valence-corrected chi connectivity index (χ2v) is 7.95. The van der Waals surface area contributed by atoms with Crippen LogP contribution >= 0.6 is 23.4 Å². The van der Waals surface area contributed by atoms with E-state index in [1.165, 1.54) is 23.4 Å². The fraction of sp³-hybridized carbons (Fsp3) is 0.211. The smallest absolute Gasteiger partial charge is 0.219 e. The number of aromatic nitrogens is 3. The van der Waals surface area contributed by atoms with Crippen LogP contribution in [0.3, 0.4) is 0 Å². The lowest BCUT2D eigenvalue weighted by atomic mass is 9.90. The molecule has 2 atom stereocenters. The first-order chi connectivity index (χ1) is 13.3. The third kappa shape index (κ3) is 4.40. The molecule has 0 fully saturated rings. The van der Waals surface area contributed by atoms with E-state index in [0.29, 0.717) is 16.7 Å². The first kappa shape index (κ1) is 20.4. The zero-order valence-electron chi connectivity index (χ0n) is 14.7. The summed E-state index contributed by atoms with van der Waals surface area (Å²) in [6.45, 7) is 1.43. The van der Waals surface area contributed by atoms with E-state index >= 15 is 0 Å². The average Bonchev–Trinajstić information content (AvgIpc) is 3.14. The van der Waals surface area contributed by atoms with E-state index in [-0.39, 0.29) is 17.2 Å². The van der Waals surface area contributed by atoms with Crippen LogP contribution < -0.4 is 0 Å². The molecule has 28 heavy (non-hydrogen) atoms. The first-order valence-corrected chi connectivity index (χ1v) is 9.52. The van der Waals surface area contributed by atoms with Gasteiger partial charge in [0.2, 0.25) is 5.12 Å². The molecule has 0 saturated heterocycles. The van der Waals surface area contributed by atoms with Crippen molar-refractivity contribution < 1.29 is 18.7 Å². The number of carbonyl (C=O) groups excluding carboxylic acids is 1. The van der Waals surface area contributed by atoms with Crippen LogP contribution in [0, 0.1) is 11.6 Å². The van der Waals surface area contributed by atoms with E-state index in [1.807, 2.05) is 0 Å². The summed E-state index contributed by atoms with van der Waals surface area (Å²) < 4.78 is 29.2. The van der Waals surface area contributed by atoms with Crippen LogP contribution in [0.4, 0.5) is 8.78 Å². The lowest BCUT2D eigenvalue weighted by molar-refractivity contribution is 0.0133. The maximum atomic E-state index is 14.5. The Labute approximate surface area is 169 Å². The molecule has 9 heteroatoms. The number of thioether (sulfide) groups is 1. The lowest BCUT2D eigenvalue weighted by Gasteiger charge is -2.34. The summed E-state index contributed by atoms with van der Waals surface area (Å²) in [6.07, 6.45) is 2.64. The zero-order valence-corrected chi connectivity index (χ0v) is 16.3. The molecule has 5 nitrogen and oxygen atoms in total. The topological polar surface area (TPSA) is 68.0 Å². The van der Waals surface area contributed by atoms with Gasteiger partial charge < -0.3 is 5.11 Å². The molecule has 1 N–H and O–H groups in total. The summed E-state index contributed by atoms with van der Waals surface area (Å²) in [6, 6.07) is 9.23. The number of halogens is 3. The minimum Gasteiger partial charge on any atom is -0.382 e. The lowest BCUT2D eigenvalue weighted by Crippen LogP contribution is -2.41. The highest BCUT2D eigenvalue weighted by atomic mass is 35.5. The van der Waals surface area contributed by atoms with E-state index in [4.69, 9.17) is 11.6 Å². The number of benzene rings is 2. The largest absolute Gasteiger partial charge is 0.382 e. The van der Waals surface area contributed by atoms with E-state index < -0.39 is 22.5 Å². The molecule has 2 unspecified atom stereocenters. The number of carbonyl (C=O) groups is 1. The molecule has 0 aliphatic heterocycles. The molecule has 0 bridgehead atoms. The van der Waals surface area contributed by atoms with Crippen molar-refractivity contribution in [3.05, 3.63) is 82.9 Å². The summed E-state index contributed by atoms with van der Waals surface area (Å²) in [7, 11) is 0. The molecule has 2 aromatic carbocycles. The van der Waals surface area contributed by atoms with Gasteiger partial charge in [0.05, 0.1) is 6.54 Å². The van der Waals surface area contributed by atoms with E-state index in [0.717, 1.165) is 17.8 Å². The average molecular weight is 424 g/mol. The van der Waals surface area contributed by atoms with Crippen LogP contribution in [0.2, 0.25) is 5.02 Å². The third-order valence-electron chi connectivity index (χ3n) is 4.30. The Kier molecular flexibility index (Phi) is 6.12. The summed E-state index contributed by atoms with van der Waals surface area (Å²) in [5.41, 5.74) is -1.59. The molecule has 3 rings (SSSR count). The highest BCUT2D eigenvalue weighted by Crippen LogP contribution is 2.37. The van der Waals surface area contributed by atoms with Crippen LogP contribution in [-0.2, 0) is 12.1 Å². The van der Waals surface area contributed by atoms with Gasteiger partial charge in [0.15, 0.2) is 0 Å². The summed E-state index contributed by atoms with van der Waals surface area (Å²) in [5, 5.41) is 14.7. The number of hydrogen-bond donors (Lipinski definition) is 1. The zero-order chi connectivity index (χ0) is 20.3. The quantitative estimate of drug-likeness (QED) is 0.647. The molecule has 0 radical (unpaired) electrons. The van der Waals surface area contributed by atoms with Gasteiger partial charge in [-0.3, -0.25) is 4.79 Å². The van der Waals surface area contributed by atoms with Crippen molar-refractivity contribution in [1.29, 1.82) is 0 Å². The van der Waals surface area contributed by atoms with Crippen molar-refractivity contribution in [2.24, 2.45) is 0 Å². The second kappa shape index (κ2) is 8.38. The predicted octanol–water partition coefficient (Wildman–Crippen LogP) is 4.06. The van der Waals surface area contributed by atoms with E-state index in [1.54, 1.807) is 31.2 Å². The molecule has 0 amide bonds. The van der Waals surface area contributed by atoms with Crippen LogP contribution in [0.15, 0.2) is 55.1 Å². The van der Waals surface area contributed by atoms with Gasteiger partial charge in [-0.1, -0.05) is 29.4 Å². The predicted molar refractivity (Wildman–Crippen MR) is 103 cm³/mol. The molecule has 0 spiro atoms. The van der Waals surface area contributed by atoms with Gasteiger partial charge in [-0.15, -0.1) is 0 Å². The maximum Gasteiger partial charge on any atom is 0.219 e. The van der Waals surface area contributed by atoms with E-state index in [9.17, 15) is 18.7 Å².